The van der Waals surface area contributed by atoms with Crippen molar-refractivity contribution >= 4 is 35.1 Å². The molecule has 1 aliphatic carbocycles. The lowest BCUT2D eigenvalue weighted by molar-refractivity contribution is -0.122. The molecule has 2 aliphatic rings. The number of para-hydroxylation sites is 1. The number of rotatable bonds is 8. The van der Waals surface area contributed by atoms with E-state index in [1.54, 1.807) is 36.4 Å². The van der Waals surface area contributed by atoms with Crippen LogP contribution >= 0.6 is 0 Å². The zero-order valence-electron chi connectivity index (χ0n) is 23.3. The lowest BCUT2D eigenvalue weighted by atomic mass is 9.73. The first kappa shape index (κ1) is 27.9. The maximum absolute atomic E-state index is 13.3. The molecule has 0 spiro atoms. The minimum Gasteiger partial charge on any atom is -0.457 e. The Labute approximate surface area is 249 Å². The molecule has 8 nitrogen and oxygen atoms in total. The normalized spacial score (nSPS) is 19.4. The van der Waals surface area contributed by atoms with E-state index in [4.69, 9.17) is 9.47 Å². The van der Waals surface area contributed by atoms with E-state index in [9.17, 15) is 19.2 Å². The van der Waals surface area contributed by atoms with Gasteiger partial charge in [0.25, 0.3) is 5.91 Å². The molecule has 216 valence electrons. The van der Waals surface area contributed by atoms with E-state index in [1.165, 1.54) is 22.6 Å². The molecular formula is C35H30N2O6. The molecule has 1 saturated carbocycles. The molecule has 43 heavy (non-hydrogen) atoms. The highest BCUT2D eigenvalue weighted by Gasteiger charge is 2.50. The van der Waals surface area contributed by atoms with E-state index < -0.39 is 18.5 Å². The number of benzene rings is 4. The summed E-state index contributed by atoms with van der Waals surface area (Å²) in [7, 11) is 0. The number of imide groups is 1. The Morgan fingerprint density at radius 1 is 0.721 bits per heavy atom. The maximum Gasteiger partial charge on any atom is 0.338 e. The lowest BCUT2D eigenvalue weighted by Crippen LogP contribution is -2.30. The van der Waals surface area contributed by atoms with E-state index in [0.29, 0.717) is 35.7 Å². The average Bonchev–Trinajstić information content (AvgIpc) is 3.30. The molecule has 0 radical (unpaired) electrons. The Kier molecular flexibility index (Phi) is 8.00. The monoisotopic (exact) mass is 574 g/mol. The summed E-state index contributed by atoms with van der Waals surface area (Å²) < 4.78 is 10.9. The third-order valence-electron chi connectivity index (χ3n) is 8.01. The third-order valence-corrected chi connectivity index (χ3v) is 8.01. The molecule has 4 aromatic rings. The summed E-state index contributed by atoms with van der Waals surface area (Å²) in [4.78, 5) is 52.7. The van der Waals surface area contributed by atoms with Gasteiger partial charge in [-0.05, 0) is 91.4 Å². The van der Waals surface area contributed by atoms with Gasteiger partial charge in [-0.15, -0.1) is 0 Å². The Morgan fingerprint density at radius 2 is 1.35 bits per heavy atom. The van der Waals surface area contributed by atoms with Crippen LogP contribution in [0.15, 0.2) is 109 Å². The number of carbonyl (C=O) groups is 4. The highest BCUT2D eigenvalue weighted by molar-refractivity contribution is 6.22. The van der Waals surface area contributed by atoms with Gasteiger partial charge in [0.15, 0.2) is 6.61 Å². The van der Waals surface area contributed by atoms with Gasteiger partial charge >= 0.3 is 5.97 Å². The van der Waals surface area contributed by atoms with Gasteiger partial charge in [-0.3, -0.25) is 19.3 Å². The molecule has 8 heteroatoms. The van der Waals surface area contributed by atoms with E-state index >= 15 is 0 Å². The summed E-state index contributed by atoms with van der Waals surface area (Å²) in [5.74, 6) is -0.653. The molecule has 6 rings (SSSR count). The van der Waals surface area contributed by atoms with Crippen molar-refractivity contribution in [1.29, 1.82) is 0 Å². The van der Waals surface area contributed by atoms with Gasteiger partial charge < -0.3 is 14.8 Å². The fourth-order valence-electron chi connectivity index (χ4n) is 5.85. The van der Waals surface area contributed by atoms with Gasteiger partial charge in [0, 0.05) is 5.69 Å². The third kappa shape index (κ3) is 6.18. The number of amides is 3. The van der Waals surface area contributed by atoms with E-state index in [0.717, 1.165) is 6.42 Å². The second-order valence-corrected chi connectivity index (χ2v) is 10.8. The SMILES string of the molecule is O=C(COC(=O)c1ccc(N2C(=O)[C@H]3C[C@@H](c4ccccc4)CC[C@H]3C2=O)cc1)Nc1ccc(Oc2ccccc2)cc1. The van der Waals surface area contributed by atoms with Crippen molar-refractivity contribution in [3.05, 3.63) is 120 Å². The Hall–Kier alpha value is -5.24. The van der Waals surface area contributed by atoms with Crippen LogP contribution in [0.1, 0.15) is 41.1 Å². The predicted molar refractivity (Wildman–Crippen MR) is 161 cm³/mol. The second-order valence-electron chi connectivity index (χ2n) is 10.8. The van der Waals surface area contributed by atoms with Gasteiger partial charge in [0.05, 0.1) is 23.1 Å². The largest absolute Gasteiger partial charge is 0.457 e. The molecule has 0 bridgehead atoms. The number of anilines is 2. The van der Waals surface area contributed by atoms with Crippen LogP contribution in [0, 0.1) is 11.8 Å². The first-order valence-corrected chi connectivity index (χ1v) is 14.3. The fraction of sp³-hybridized carbons (Fsp3) is 0.200. The van der Waals surface area contributed by atoms with Gasteiger partial charge in [-0.2, -0.15) is 0 Å². The smallest absolute Gasteiger partial charge is 0.338 e. The number of nitrogens with one attached hydrogen (secondary N) is 1. The molecule has 1 saturated heterocycles. The molecule has 0 unspecified atom stereocenters. The number of esters is 1. The molecule has 3 amide bonds. The Morgan fingerprint density at radius 3 is 2.05 bits per heavy atom. The summed E-state index contributed by atoms with van der Waals surface area (Å²) in [6.07, 6.45) is 2.18. The minimum atomic E-state index is -0.688. The highest BCUT2D eigenvalue weighted by atomic mass is 16.5. The van der Waals surface area contributed by atoms with Crippen LogP contribution in [0.2, 0.25) is 0 Å². The van der Waals surface area contributed by atoms with Crippen LogP contribution in [0.3, 0.4) is 0 Å². The molecule has 3 atom stereocenters. The summed E-state index contributed by atoms with van der Waals surface area (Å²) in [5.41, 5.74) is 2.36. The van der Waals surface area contributed by atoms with Crippen LogP contribution in [-0.4, -0.2) is 30.3 Å². The first-order valence-electron chi connectivity index (χ1n) is 14.3. The predicted octanol–water partition coefficient (Wildman–Crippen LogP) is 6.35. The maximum atomic E-state index is 13.3. The Bertz CT molecular complexity index is 1620. The molecule has 0 aromatic heterocycles. The van der Waals surface area contributed by atoms with Crippen molar-refractivity contribution < 1.29 is 28.7 Å². The molecule has 2 fully saturated rings. The highest BCUT2D eigenvalue weighted by Crippen LogP contribution is 2.45. The summed E-state index contributed by atoms with van der Waals surface area (Å²) in [6.45, 7) is -0.474. The van der Waals surface area contributed by atoms with Crippen molar-refractivity contribution in [3.8, 4) is 11.5 Å². The standard InChI is InChI=1S/C35H30N2O6/c38-32(36-26-14-18-29(19-15-26)43-28-9-5-2-6-10-28)22-42-35(41)24-11-16-27(17-12-24)37-33(39)30-20-13-25(21-31(30)34(37)40)23-7-3-1-4-8-23/h1-12,14-19,25,30-31H,13,20-22H2,(H,36,38)/t25-,30+,31-/m0/s1. The number of hydrogen-bond acceptors (Lipinski definition) is 6. The summed E-state index contributed by atoms with van der Waals surface area (Å²) in [5, 5.41) is 2.68. The molecular weight excluding hydrogens is 544 g/mol. The van der Waals surface area contributed by atoms with Crippen molar-refractivity contribution in [2.45, 2.75) is 25.2 Å². The zero-order valence-corrected chi connectivity index (χ0v) is 23.3. The van der Waals surface area contributed by atoms with Crippen molar-refractivity contribution in [2.24, 2.45) is 11.8 Å². The topological polar surface area (TPSA) is 102 Å². The number of carbonyl (C=O) groups excluding carboxylic acids is 4. The first-order chi connectivity index (χ1) is 21.0. The zero-order chi connectivity index (χ0) is 29.8. The van der Waals surface area contributed by atoms with Crippen LogP contribution < -0.4 is 15.0 Å². The van der Waals surface area contributed by atoms with E-state index in [2.05, 4.69) is 17.4 Å². The van der Waals surface area contributed by atoms with Crippen molar-refractivity contribution in [3.63, 3.8) is 0 Å². The van der Waals surface area contributed by atoms with Crippen LogP contribution in [-0.2, 0) is 19.1 Å². The molecule has 1 aliphatic heterocycles. The lowest BCUT2D eigenvalue weighted by Gasteiger charge is -2.28. The fourth-order valence-corrected chi connectivity index (χ4v) is 5.85. The van der Waals surface area contributed by atoms with Crippen LogP contribution in [0.4, 0.5) is 11.4 Å². The van der Waals surface area contributed by atoms with Crippen molar-refractivity contribution in [1.82, 2.24) is 0 Å². The summed E-state index contributed by atoms with van der Waals surface area (Å²) >= 11 is 0. The van der Waals surface area contributed by atoms with Crippen LogP contribution in [0.25, 0.3) is 0 Å². The Balaban J connectivity index is 1.01. The molecule has 1 heterocycles. The number of nitrogens with zero attached hydrogens (tertiary/aromatic N) is 1. The van der Waals surface area contributed by atoms with Crippen molar-refractivity contribution in [2.75, 3.05) is 16.8 Å². The quantitative estimate of drug-likeness (QED) is 0.194. The molecule has 4 aromatic carbocycles. The average molecular weight is 575 g/mol. The second kappa shape index (κ2) is 12.3. The minimum absolute atomic E-state index is 0.187. The van der Waals surface area contributed by atoms with Gasteiger partial charge in [0.1, 0.15) is 11.5 Å². The van der Waals surface area contributed by atoms with Crippen LogP contribution in [0.5, 0.6) is 11.5 Å². The molecule has 1 N–H and O–H groups in total. The summed E-state index contributed by atoms with van der Waals surface area (Å²) in [6, 6.07) is 32.4. The number of fused-ring (bicyclic) bond motifs is 1. The van der Waals surface area contributed by atoms with E-state index in [-0.39, 0.29) is 35.1 Å². The number of hydrogen-bond donors (Lipinski definition) is 1. The van der Waals surface area contributed by atoms with E-state index in [1.807, 2.05) is 48.5 Å². The van der Waals surface area contributed by atoms with Gasteiger partial charge in [-0.25, -0.2) is 4.79 Å². The van der Waals surface area contributed by atoms with Gasteiger partial charge in [0.2, 0.25) is 11.8 Å². The van der Waals surface area contributed by atoms with Gasteiger partial charge in [-0.1, -0.05) is 48.5 Å². The number of ether oxygens (including phenoxy) is 2.